The molecule has 0 aromatic heterocycles. The standard InChI is InChI=1S/C2H8N2O4S/c3-4-1-2(5)9(6,7)8/h2,4-5H,1,3H2,(H,6,7,8). The summed E-state index contributed by atoms with van der Waals surface area (Å²) in [7, 11) is -4.35. The first-order chi connectivity index (χ1) is 3.98. The second-order valence-corrected chi connectivity index (χ2v) is 2.95. The van der Waals surface area contributed by atoms with Crippen LogP contribution in [0.3, 0.4) is 0 Å². The van der Waals surface area contributed by atoms with Crippen LogP contribution in [0.4, 0.5) is 0 Å². The molecule has 0 aliphatic rings. The van der Waals surface area contributed by atoms with Gasteiger partial charge in [-0.1, -0.05) is 0 Å². The molecule has 0 rings (SSSR count). The molecule has 1 unspecified atom stereocenters. The molecule has 6 nitrogen and oxygen atoms in total. The van der Waals surface area contributed by atoms with Crippen LogP contribution in [-0.4, -0.2) is 30.1 Å². The Morgan fingerprint density at radius 2 is 2.11 bits per heavy atom. The zero-order valence-corrected chi connectivity index (χ0v) is 5.30. The maximum absolute atomic E-state index is 9.93. The van der Waals surface area contributed by atoms with Gasteiger partial charge in [0.1, 0.15) is 0 Å². The molecule has 0 spiro atoms. The summed E-state index contributed by atoms with van der Waals surface area (Å²) < 4.78 is 27.9. The summed E-state index contributed by atoms with van der Waals surface area (Å²) in [4.78, 5) is 0. The van der Waals surface area contributed by atoms with Gasteiger partial charge in [-0.2, -0.15) is 8.42 Å². The van der Waals surface area contributed by atoms with Gasteiger partial charge in [0, 0.05) is 0 Å². The molecule has 0 aromatic carbocycles. The van der Waals surface area contributed by atoms with E-state index < -0.39 is 22.1 Å². The number of nitrogens with two attached hydrogens (primary N) is 1. The summed E-state index contributed by atoms with van der Waals surface area (Å²) in [6.45, 7) is -0.390. The van der Waals surface area contributed by atoms with Crippen molar-refractivity contribution in [2.75, 3.05) is 6.54 Å². The maximum atomic E-state index is 9.93. The van der Waals surface area contributed by atoms with E-state index in [9.17, 15) is 8.42 Å². The number of rotatable bonds is 3. The minimum absolute atomic E-state index is 0.390. The molecular formula is C2H8N2O4S. The monoisotopic (exact) mass is 156 g/mol. The first-order valence-electron chi connectivity index (χ1n) is 2.06. The molecule has 0 bridgehead atoms. The lowest BCUT2D eigenvalue weighted by Crippen LogP contribution is -2.36. The van der Waals surface area contributed by atoms with Crippen LogP contribution in [0, 0.1) is 0 Å². The highest BCUT2D eigenvalue weighted by Gasteiger charge is 2.17. The van der Waals surface area contributed by atoms with Gasteiger partial charge < -0.3 is 5.11 Å². The van der Waals surface area contributed by atoms with Crippen molar-refractivity contribution in [1.29, 1.82) is 0 Å². The Morgan fingerprint density at radius 3 is 2.22 bits per heavy atom. The summed E-state index contributed by atoms with van der Waals surface area (Å²) in [5.41, 5.74) is 0.0399. The van der Waals surface area contributed by atoms with Crippen LogP contribution >= 0.6 is 0 Å². The molecule has 0 radical (unpaired) electrons. The molecule has 56 valence electrons. The fourth-order valence-corrected chi connectivity index (χ4v) is 0.513. The van der Waals surface area contributed by atoms with Gasteiger partial charge in [0.2, 0.25) is 0 Å². The van der Waals surface area contributed by atoms with Crippen LogP contribution < -0.4 is 11.3 Å². The van der Waals surface area contributed by atoms with Crippen molar-refractivity contribution in [3.05, 3.63) is 0 Å². The fraction of sp³-hybridized carbons (Fsp3) is 1.00. The third-order valence-electron chi connectivity index (χ3n) is 0.636. The van der Waals surface area contributed by atoms with Gasteiger partial charge in [0.15, 0.2) is 5.44 Å². The van der Waals surface area contributed by atoms with E-state index in [2.05, 4.69) is 5.84 Å². The quantitative estimate of drug-likeness (QED) is 0.207. The Morgan fingerprint density at radius 1 is 1.67 bits per heavy atom. The van der Waals surface area contributed by atoms with Gasteiger partial charge in [-0.05, 0) is 0 Å². The largest absolute Gasteiger partial charge is 0.374 e. The Balaban J connectivity index is 3.90. The third-order valence-corrected chi connectivity index (χ3v) is 1.49. The van der Waals surface area contributed by atoms with Gasteiger partial charge >= 0.3 is 0 Å². The number of hydrazine groups is 1. The van der Waals surface area contributed by atoms with Crippen LogP contribution in [0.5, 0.6) is 0 Å². The van der Waals surface area contributed by atoms with Crippen molar-refractivity contribution >= 4 is 10.1 Å². The summed E-state index contributed by atoms with van der Waals surface area (Å²) in [6.07, 6.45) is 0. The van der Waals surface area contributed by atoms with E-state index in [1.165, 1.54) is 0 Å². The molecule has 5 N–H and O–H groups in total. The average Bonchev–Trinajstić information content (AvgIpc) is 1.64. The van der Waals surface area contributed by atoms with E-state index in [1.807, 2.05) is 5.43 Å². The highest BCUT2D eigenvalue weighted by Crippen LogP contribution is 1.89. The van der Waals surface area contributed by atoms with E-state index in [-0.39, 0.29) is 0 Å². The highest BCUT2D eigenvalue weighted by molar-refractivity contribution is 7.86. The Labute approximate surface area is 52.4 Å². The number of hydrogen-bond donors (Lipinski definition) is 4. The summed E-state index contributed by atoms with van der Waals surface area (Å²) >= 11 is 0. The zero-order valence-electron chi connectivity index (χ0n) is 4.48. The van der Waals surface area contributed by atoms with Crippen molar-refractivity contribution in [2.24, 2.45) is 5.84 Å². The van der Waals surface area contributed by atoms with Gasteiger partial charge in [-0.15, -0.1) is 0 Å². The van der Waals surface area contributed by atoms with E-state index in [0.717, 1.165) is 0 Å². The van der Waals surface area contributed by atoms with Crippen LogP contribution in [-0.2, 0) is 10.1 Å². The van der Waals surface area contributed by atoms with Crippen LogP contribution in [0.2, 0.25) is 0 Å². The van der Waals surface area contributed by atoms with Gasteiger partial charge in [0.05, 0.1) is 6.54 Å². The summed E-state index contributed by atoms with van der Waals surface area (Å²) in [5, 5.41) is 8.41. The van der Waals surface area contributed by atoms with Gasteiger partial charge in [-0.25, -0.2) is 0 Å². The first-order valence-corrected chi connectivity index (χ1v) is 3.56. The van der Waals surface area contributed by atoms with E-state index in [4.69, 9.17) is 9.66 Å². The molecule has 7 heteroatoms. The molecule has 0 fully saturated rings. The molecule has 0 aliphatic carbocycles. The molecule has 0 heterocycles. The van der Waals surface area contributed by atoms with Crippen molar-refractivity contribution in [3.8, 4) is 0 Å². The van der Waals surface area contributed by atoms with E-state index >= 15 is 0 Å². The second kappa shape index (κ2) is 3.08. The SMILES string of the molecule is NNCC(O)S(=O)(=O)O. The molecule has 0 saturated carbocycles. The summed E-state index contributed by atoms with van der Waals surface area (Å²) in [6, 6.07) is 0. The topological polar surface area (TPSA) is 113 Å². The highest BCUT2D eigenvalue weighted by atomic mass is 32.2. The van der Waals surface area contributed by atoms with Crippen LogP contribution in [0.25, 0.3) is 0 Å². The fourth-order valence-electron chi connectivity index (χ4n) is 0.206. The molecular weight excluding hydrogens is 148 g/mol. The molecule has 0 saturated heterocycles. The van der Waals surface area contributed by atoms with Crippen molar-refractivity contribution in [2.45, 2.75) is 5.44 Å². The molecule has 1 atom stereocenters. The lowest BCUT2D eigenvalue weighted by atomic mass is 10.7. The number of hydrogen-bond acceptors (Lipinski definition) is 5. The molecule has 0 amide bonds. The van der Waals surface area contributed by atoms with E-state index in [1.54, 1.807) is 0 Å². The van der Waals surface area contributed by atoms with Gasteiger partial charge in [0.25, 0.3) is 10.1 Å². The lowest BCUT2D eigenvalue weighted by molar-refractivity contribution is 0.229. The number of aliphatic hydroxyl groups excluding tert-OH is 1. The average molecular weight is 156 g/mol. The van der Waals surface area contributed by atoms with Crippen LogP contribution in [0.15, 0.2) is 0 Å². The van der Waals surface area contributed by atoms with Crippen molar-refractivity contribution in [3.63, 3.8) is 0 Å². The van der Waals surface area contributed by atoms with Gasteiger partial charge in [-0.3, -0.25) is 15.8 Å². The Hall–Kier alpha value is -0.210. The second-order valence-electron chi connectivity index (χ2n) is 1.38. The molecule has 0 aliphatic heterocycles. The maximum Gasteiger partial charge on any atom is 0.293 e. The molecule has 9 heavy (non-hydrogen) atoms. The van der Waals surface area contributed by atoms with Crippen LogP contribution in [0.1, 0.15) is 0 Å². The van der Waals surface area contributed by atoms with Crippen molar-refractivity contribution in [1.82, 2.24) is 5.43 Å². The number of aliphatic hydroxyl groups is 1. The first kappa shape index (κ1) is 8.79. The lowest BCUT2D eigenvalue weighted by Gasteiger charge is -2.03. The normalized spacial score (nSPS) is 15.4. The predicted octanol–water partition coefficient (Wildman–Crippen LogP) is -2.34. The molecule has 0 aromatic rings. The zero-order chi connectivity index (χ0) is 7.49. The van der Waals surface area contributed by atoms with E-state index in [0.29, 0.717) is 0 Å². The van der Waals surface area contributed by atoms with Crippen molar-refractivity contribution < 1.29 is 18.1 Å². The summed E-state index contributed by atoms with van der Waals surface area (Å²) in [5.74, 6) is 4.64. The Kier molecular flexibility index (Phi) is 3.01. The Bertz CT molecular complexity index is 163. The minimum atomic E-state index is -4.35. The number of nitrogens with one attached hydrogen (secondary N) is 1. The third kappa shape index (κ3) is 3.38. The minimum Gasteiger partial charge on any atom is -0.374 e. The predicted molar refractivity (Wildman–Crippen MR) is 29.7 cm³/mol. The smallest absolute Gasteiger partial charge is 0.293 e.